The highest BCUT2D eigenvalue weighted by atomic mass is 35.5. The topological polar surface area (TPSA) is 89.5 Å². The Labute approximate surface area is 199 Å². The van der Waals surface area contributed by atoms with Crippen molar-refractivity contribution in [3.8, 4) is 17.3 Å². The minimum absolute atomic E-state index is 0.0156. The summed E-state index contributed by atoms with van der Waals surface area (Å²) < 4.78 is 26.8. The van der Waals surface area contributed by atoms with Crippen LogP contribution in [0.25, 0.3) is 22.6 Å². The third kappa shape index (κ3) is 3.94. The Hall–Kier alpha value is -3.66. The monoisotopic (exact) mass is 484 g/mol. The number of hydrogen-bond acceptors (Lipinski definition) is 7. The van der Waals surface area contributed by atoms with Crippen molar-refractivity contribution in [2.45, 2.75) is 19.5 Å². The number of ether oxygens (including phenoxy) is 1. The Morgan fingerprint density at radius 1 is 1.29 bits per heavy atom. The summed E-state index contributed by atoms with van der Waals surface area (Å²) in [5.74, 6) is 0.247. The number of halogens is 2. The number of hydrogen-bond donors (Lipinski definition) is 0. The zero-order valence-corrected chi connectivity index (χ0v) is 19.4. The standard InChI is InChI=1S/C23H22ClFN6O3/c1-14-12-29(18-11-19(33-2)16(24)10-17(18)25)7-8-30(14)20(32)13-31-22-15(4-3-5-26-22)21(28-31)23-27-6-9-34-23/h3-6,9-11,14H,7-8,12-13H2,1-2H3/t14-/m0/s1. The lowest BCUT2D eigenvalue weighted by Gasteiger charge is -2.41. The molecule has 3 aromatic heterocycles. The molecule has 1 aliphatic heterocycles. The Morgan fingerprint density at radius 2 is 2.15 bits per heavy atom. The summed E-state index contributed by atoms with van der Waals surface area (Å²) in [6.07, 6.45) is 4.67. The van der Waals surface area contributed by atoms with Crippen molar-refractivity contribution in [3.63, 3.8) is 0 Å². The quantitative estimate of drug-likeness (QED) is 0.427. The number of carbonyl (C=O) groups is 1. The summed E-state index contributed by atoms with van der Waals surface area (Å²) >= 11 is 6.03. The molecule has 176 valence electrons. The summed E-state index contributed by atoms with van der Waals surface area (Å²) in [6, 6.07) is 6.36. The van der Waals surface area contributed by atoms with Crippen molar-refractivity contribution in [2.24, 2.45) is 0 Å². The first kappa shape index (κ1) is 22.1. The fourth-order valence-electron chi connectivity index (χ4n) is 4.30. The lowest BCUT2D eigenvalue weighted by atomic mass is 10.1. The van der Waals surface area contributed by atoms with Crippen LogP contribution in [0, 0.1) is 5.82 Å². The average Bonchev–Trinajstić information content (AvgIpc) is 3.48. The number of nitrogens with zero attached hydrogens (tertiary/aromatic N) is 6. The minimum Gasteiger partial charge on any atom is -0.495 e. The van der Waals surface area contributed by atoms with E-state index >= 15 is 0 Å². The molecule has 1 fully saturated rings. The number of amides is 1. The predicted octanol–water partition coefficient (Wildman–Crippen LogP) is 3.62. The molecule has 0 radical (unpaired) electrons. The molecule has 1 amide bonds. The molecule has 0 N–H and O–H groups in total. The lowest BCUT2D eigenvalue weighted by Crippen LogP contribution is -2.55. The van der Waals surface area contributed by atoms with Crippen LogP contribution in [0.3, 0.4) is 0 Å². The van der Waals surface area contributed by atoms with Crippen LogP contribution in [0.2, 0.25) is 5.02 Å². The third-order valence-electron chi connectivity index (χ3n) is 5.94. The van der Waals surface area contributed by atoms with Crippen LogP contribution in [0.5, 0.6) is 5.75 Å². The van der Waals surface area contributed by atoms with Crippen LogP contribution < -0.4 is 9.64 Å². The average molecular weight is 485 g/mol. The molecule has 5 rings (SSSR count). The Kier molecular flexibility index (Phi) is 5.82. The Bertz CT molecular complexity index is 1340. The van der Waals surface area contributed by atoms with Gasteiger partial charge < -0.3 is 19.0 Å². The summed E-state index contributed by atoms with van der Waals surface area (Å²) in [5, 5.41) is 5.53. The van der Waals surface area contributed by atoms with E-state index in [1.54, 1.807) is 34.1 Å². The number of pyridine rings is 1. The first-order valence-corrected chi connectivity index (χ1v) is 11.1. The normalized spacial score (nSPS) is 16.3. The molecule has 4 heterocycles. The molecular formula is C23H22ClFN6O3. The summed E-state index contributed by atoms with van der Waals surface area (Å²) in [4.78, 5) is 25.5. The maximum Gasteiger partial charge on any atom is 0.247 e. The molecule has 1 saturated heterocycles. The van der Waals surface area contributed by atoms with Crippen molar-refractivity contribution in [1.29, 1.82) is 0 Å². The predicted molar refractivity (Wildman–Crippen MR) is 124 cm³/mol. The molecule has 34 heavy (non-hydrogen) atoms. The molecule has 0 saturated carbocycles. The van der Waals surface area contributed by atoms with Gasteiger partial charge >= 0.3 is 0 Å². The van der Waals surface area contributed by atoms with Gasteiger partial charge in [0.05, 0.1) is 29.4 Å². The first-order valence-electron chi connectivity index (χ1n) is 10.7. The van der Waals surface area contributed by atoms with Gasteiger partial charge in [-0.1, -0.05) is 11.6 Å². The Balaban J connectivity index is 1.34. The lowest BCUT2D eigenvalue weighted by molar-refractivity contribution is -0.134. The number of carbonyl (C=O) groups excluding carboxylic acids is 1. The molecule has 0 bridgehead atoms. The second kappa shape index (κ2) is 8.94. The largest absolute Gasteiger partial charge is 0.495 e. The van der Waals surface area contributed by atoms with E-state index in [0.717, 1.165) is 5.39 Å². The van der Waals surface area contributed by atoms with Gasteiger partial charge in [0.2, 0.25) is 11.8 Å². The highest BCUT2D eigenvalue weighted by molar-refractivity contribution is 6.32. The molecule has 0 unspecified atom stereocenters. The van der Waals surface area contributed by atoms with E-state index in [2.05, 4.69) is 15.1 Å². The number of piperazine rings is 1. The molecule has 0 aliphatic carbocycles. The van der Waals surface area contributed by atoms with Crippen molar-refractivity contribution in [2.75, 3.05) is 31.6 Å². The van der Waals surface area contributed by atoms with Gasteiger partial charge in [0.1, 0.15) is 24.4 Å². The first-order chi connectivity index (χ1) is 16.5. The van der Waals surface area contributed by atoms with Crippen molar-refractivity contribution >= 4 is 34.2 Å². The van der Waals surface area contributed by atoms with Gasteiger partial charge in [0.15, 0.2) is 11.3 Å². The van der Waals surface area contributed by atoms with Crippen molar-refractivity contribution < 1.29 is 18.3 Å². The van der Waals surface area contributed by atoms with Gasteiger partial charge in [-0.2, -0.15) is 5.10 Å². The molecule has 0 spiro atoms. The Morgan fingerprint density at radius 3 is 2.88 bits per heavy atom. The minimum atomic E-state index is -0.425. The number of rotatable bonds is 5. The van der Waals surface area contributed by atoms with Crippen LogP contribution in [0.15, 0.2) is 47.3 Å². The van der Waals surface area contributed by atoms with Gasteiger partial charge in [0, 0.05) is 37.9 Å². The second-order valence-electron chi connectivity index (χ2n) is 8.04. The van der Waals surface area contributed by atoms with E-state index in [0.29, 0.717) is 48.3 Å². The van der Waals surface area contributed by atoms with E-state index in [-0.39, 0.29) is 23.5 Å². The molecule has 1 aliphatic rings. The van der Waals surface area contributed by atoms with Crippen molar-refractivity contribution in [1.82, 2.24) is 24.6 Å². The van der Waals surface area contributed by atoms with Gasteiger partial charge in [-0.3, -0.25) is 4.79 Å². The van der Waals surface area contributed by atoms with E-state index in [1.165, 1.54) is 19.4 Å². The van der Waals surface area contributed by atoms with Gasteiger partial charge in [0.25, 0.3) is 0 Å². The molecule has 9 nitrogen and oxygen atoms in total. The highest BCUT2D eigenvalue weighted by Gasteiger charge is 2.30. The van der Waals surface area contributed by atoms with Crippen LogP contribution in [-0.4, -0.2) is 63.3 Å². The van der Waals surface area contributed by atoms with Crippen LogP contribution in [0.1, 0.15) is 6.92 Å². The molecule has 1 atom stereocenters. The van der Waals surface area contributed by atoms with Crippen LogP contribution in [-0.2, 0) is 11.3 Å². The molecule has 4 aromatic rings. The third-order valence-corrected chi connectivity index (χ3v) is 6.23. The number of benzene rings is 1. The molecule has 11 heteroatoms. The number of aromatic nitrogens is 4. The van der Waals surface area contributed by atoms with E-state index in [1.807, 2.05) is 17.9 Å². The van der Waals surface area contributed by atoms with Crippen LogP contribution >= 0.6 is 11.6 Å². The van der Waals surface area contributed by atoms with Gasteiger partial charge in [-0.25, -0.2) is 19.0 Å². The smallest absolute Gasteiger partial charge is 0.247 e. The van der Waals surface area contributed by atoms with Crippen LogP contribution in [0.4, 0.5) is 10.1 Å². The highest BCUT2D eigenvalue weighted by Crippen LogP contribution is 2.33. The zero-order chi connectivity index (χ0) is 23.8. The fraction of sp³-hybridized carbons (Fsp3) is 0.304. The van der Waals surface area contributed by atoms with Gasteiger partial charge in [-0.15, -0.1) is 0 Å². The summed E-state index contributed by atoms with van der Waals surface area (Å²) in [6.45, 7) is 3.32. The number of fused-ring (bicyclic) bond motifs is 1. The van der Waals surface area contributed by atoms with Crippen molar-refractivity contribution in [3.05, 3.63) is 53.8 Å². The number of methoxy groups -OCH3 is 1. The molecule has 1 aromatic carbocycles. The zero-order valence-electron chi connectivity index (χ0n) is 18.6. The van der Waals surface area contributed by atoms with E-state index in [4.69, 9.17) is 20.8 Å². The van der Waals surface area contributed by atoms with E-state index in [9.17, 15) is 9.18 Å². The number of oxazole rings is 1. The van der Waals surface area contributed by atoms with E-state index < -0.39 is 5.82 Å². The number of anilines is 1. The second-order valence-corrected chi connectivity index (χ2v) is 8.45. The van der Waals surface area contributed by atoms with Gasteiger partial charge in [-0.05, 0) is 25.1 Å². The maximum atomic E-state index is 14.6. The molecular weight excluding hydrogens is 463 g/mol. The SMILES string of the molecule is COc1cc(N2CCN(C(=O)Cn3nc(-c4ncco4)c4cccnc43)[C@@H](C)C2)c(F)cc1Cl. The fourth-order valence-corrected chi connectivity index (χ4v) is 4.53. The summed E-state index contributed by atoms with van der Waals surface area (Å²) in [7, 11) is 1.49. The summed E-state index contributed by atoms with van der Waals surface area (Å²) in [5.41, 5.74) is 1.51. The maximum absolute atomic E-state index is 14.6.